The first-order valence-corrected chi connectivity index (χ1v) is 6.59. The molecule has 0 spiro atoms. The third kappa shape index (κ3) is 2.99. The highest BCUT2D eigenvalue weighted by Gasteiger charge is 2.16. The lowest BCUT2D eigenvalue weighted by atomic mass is 10.0. The maximum Gasteiger partial charge on any atom is 0.347 e. The van der Waals surface area contributed by atoms with Gasteiger partial charge in [0.2, 0.25) is 0 Å². The van der Waals surface area contributed by atoms with Gasteiger partial charge in [0.05, 0.1) is 0 Å². The van der Waals surface area contributed by atoms with Crippen molar-refractivity contribution in [3.8, 4) is 11.5 Å². The van der Waals surface area contributed by atoms with Gasteiger partial charge in [-0.3, -0.25) is 0 Å². The van der Waals surface area contributed by atoms with Crippen LogP contribution in [-0.4, -0.2) is 11.1 Å². The van der Waals surface area contributed by atoms with Crippen molar-refractivity contribution in [2.45, 2.75) is 26.7 Å². The van der Waals surface area contributed by atoms with Crippen molar-refractivity contribution in [2.75, 3.05) is 0 Å². The van der Waals surface area contributed by atoms with Crippen molar-refractivity contribution in [3.63, 3.8) is 0 Å². The molecule has 0 atom stereocenters. The molecule has 0 unspecified atom stereocenters. The first-order chi connectivity index (χ1) is 9.49. The van der Waals surface area contributed by atoms with Gasteiger partial charge in [-0.25, -0.2) is 4.79 Å². The van der Waals surface area contributed by atoms with Crippen LogP contribution in [0.5, 0.6) is 11.5 Å². The summed E-state index contributed by atoms with van der Waals surface area (Å²) in [7, 11) is 0. The maximum absolute atomic E-state index is 12.1. The molecule has 0 heterocycles. The third-order valence-electron chi connectivity index (χ3n) is 3.12. The number of hydrogen-bond acceptors (Lipinski definition) is 3. The molecule has 2 aromatic rings. The Hall–Kier alpha value is -2.29. The lowest BCUT2D eigenvalue weighted by Gasteiger charge is -2.14. The molecule has 0 saturated heterocycles. The number of benzene rings is 2. The zero-order valence-electron chi connectivity index (χ0n) is 11.9. The molecule has 0 aliphatic rings. The molecular formula is C17H18O3. The molecule has 0 saturated carbocycles. The molecule has 0 aromatic heterocycles. The summed E-state index contributed by atoms with van der Waals surface area (Å²) in [4.78, 5) is 12.1. The molecule has 0 radical (unpaired) electrons. The van der Waals surface area contributed by atoms with Gasteiger partial charge in [-0.05, 0) is 42.2 Å². The third-order valence-corrected chi connectivity index (χ3v) is 3.12. The second kappa shape index (κ2) is 5.78. The molecular weight excluding hydrogens is 252 g/mol. The number of para-hydroxylation sites is 1. The summed E-state index contributed by atoms with van der Waals surface area (Å²) in [5, 5.41) is 9.69. The predicted octanol–water partition coefficient (Wildman–Crippen LogP) is 4.04. The van der Waals surface area contributed by atoms with Crippen molar-refractivity contribution in [1.29, 1.82) is 0 Å². The average molecular weight is 270 g/mol. The molecule has 2 rings (SSSR count). The van der Waals surface area contributed by atoms with Crippen LogP contribution < -0.4 is 4.74 Å². The van der Waals surface area contributed by atoms with Crippen molar-refractivity contribution >= 4 is 5.97 Å². The highest BCUT2D eigenvalue weighted by atomic mass is 16.5. The largest absolute Gasteiger partial charge is 0.507 e. The van der Waals surface area contributed by atoms with Crippen LogP contribution in [-0.2, 0) is 0 Å². The van der Waals surface area contributed by atoms with E-state index in [1.54, 1.807) is 18.2 Å². The number of rotatable bonds is 3. The minimum absolute atomic E-state index is 0.0729. The summed E-state index contributed by atoms with van der Waals surface area (Å²) in [5.41, 5.74) is 2.16. The van der Waals surface area contributed by atoms with Crippen molar-refractivity contribution in [2.24, 2.45) is 0 Å². The predicted molar refractivity (Wildman–Crippen MR) is 78.3 cm³/mol. The van der Waals surface area contributed by atoms with Crippen LogP contribution in [0.15, 0.2) is 42.5 Å². The second-order valence-corrected chi connectivity index (χ2v) is 5.10. The summed E-state index contributed by atoms with van der Waals surface area (Å²) in [6.45, 7) is 6.03. The van der Waals surface area contributed by atoms with Crippen molar-refractivity contribution in [3.05, 3.63) is 59.2 Å². The number of esters is 1. The molecule has 3 nitrogen and oxygen atoms in total. The van der Waals surface area contributed by atoms with Crippen LogP contribution in [0.4, 0.5) is 0 Å². The van der Waals surface area contributed by atoms with E-state index in [1.807, 2.05) is 39.0 Å². The van der Waals surface area contributed by atoms with Gasteiger partial charge < -0.3 is 9.84 Å². The van der Waals surface area contributed by atoms with Gasteiger partial charge in [-0.15, -0.1) is 0 Å². The van der Waals surface area contributed by atoms with E-state index in [1.165, 1.54) is 6.07 Å². The van der Waals surface area contributed by atoms with Gasteiger partial charge in [0.1, 0.15) is 17.1 Å². The molecule has 2 aromatic carbocycles. The SMILES string of the molecule is Cc1ccc(C(C)C)c(OC(=O)c2ccccc2O)c1. The molecule has 20 heavy (non-hydrogen) atoms. The Morgan fingerprint density at radius 1 is 1.15 bits per heavy atom. The molecule has 3 heteroatoms. The Kier molecular flexibility index (Phi) is 4.08. The number of aromatic hydroxyl groups is 1. The molecule has 0 aliphatic carbocycles. The zero-order valence-corrected chi connectivity index (χ0v) is 11.9. The van der Waals surface area contributed by atoms with E-state index in [2.05, 4.69) is 0 Å². The molecule has 0 amide bonds. The van der Waals surface area contributed by atoms with Crippen LogP contribution >= 0.6 is 0 Å². The average Bonchev–Trinajstić information content (AvgIpc) is 2.38. The topological polar surface area (TPSA) is 46.5 Å². The Morgan fingerprint density at radius 3 is 2.50 bits per heavy atom. The summed E-state index contributed by atoms with van der Waals surface area (Å²) < 4.78 is 5.46. The number of ether oxygens (including phenoxy) is 1. The van der Waals surface area contributed by atoms with E-state index in [4.69, 9.17) is 4.74 Å². The summed E-state index contributed by atoms with van der Waals surface area (Å²) >= 11 is 0. The molecule has 104 valence electrons. The van der Waals surface area contributed by atoms with Gasteiger partial charge in [0.25, 0.3) is 0 Å². The van der Waals surface area contributed by atoms with Crippen LogP contribution in [0, 0.1) is 6.92 Å². The van der Waals surface area contributed by atoms with Gasteiger partial charge >= 0.3 is 5.97 Å². The number of hydrogen-bond donors (Lipinski definition) is 1. The Balaban J connectivity index is 2.33. The van der Waals surface area contributed by atoms with E-state index in [0.717, 1.165) is 11.1 Å². The summed E-state index contributed by atoms with van der Waals surface area (Å²) in [6, 6.07) is 12.2. The number of phenolic OH excluding ortho intramolecular Hbond substituents is 1. The lowest BCUT2D eigenvalue weighted by Crippen LogP contribution is -2.10. The number of carbonyl (C=O) groups is 1. The van der Waals surface area contributed by atoms with E-state index in [9.17, 15) is 9.90 Å². The molecule has 0 aliphatic heterocycles. The van der Waals surface area contributed by atoms with E-state index in [0.29, 0.717) is 5.75 Å². The monoisotopic (exact) mass is 270 g/mol. The van der Waals surface area contributed by atoms with Crippen LogP contribution in [0.3, 0.4) is 0 Å². The van der Waals surface area contributed by atoms with Gasteiger partial charge in [0, 0.05) is 0 Å². The van der Waals surface area contributed by atoms with Gasteiger partial charge in [-0.1, -0.05) is 38.1 Å². The fraction of sp³-hybridized carbons (Fsp3) is 0.235. The Morgan fingerprint density at radius 2 is 1.85 bits per heavy atom. The minimum atomic E-state index is -0.546. The Labute approximate surface area is 118 Å². The normalized spacial score (nSPS) is 10.6. The highest BCUT2D eigenvalue weighted by Crippen LogP contribution is 2.29. The van der Waals surface area contributed by atoms with Crippen molar-refractivity contribution in [1.82, 2.24) is 0 Å². The lowest BCUT2D eigenvalue weighted by molar-refractivity contribution is 0.0729. The Bertz CT molecular complexity index is 630. The van der Waals surface area contributed by atoms with E-state index >= 15 is 0 Å². The summed E-state index contributed by atoms with van der Waals surface area (Å²) in [6.07, 6.45) is 0. The van der Waals surface area contributed by atoms with Gasteiger partial charge in [-0.2, -0.15) is 0 Å². The molecule has 0 fully saturated rings. The summed E-state index contributed by atoms with van der Waals surface area (Å²) in [5.74, 6) is 0.183. The minimum Gasteiger partial charge on any atom is -0.507 e. The fourth-order valence-electron chi connectivity index (χ4n) is 2.01. The highest BCUT2D eigenvalue weighted by molar-refractivity contribution is 5.93. The number of carbonyl (C=O) groups excluding carboxylic acids is 1. The van der Waals surface area contributed by atoms with E-state index in [-0.39, 0.29) is 17.2 Å². The quantitative estimate of drug-likeness (QED) is 0.676. The van der Waals surface area contributed by atoms with Crippen LogP contribution in [0.1, 0.15) is 41.3 Å². The maximum atomic E-state index is 12.1. The number of phenols is 1. The standard InChI is InChI=1S/C17H18O3/c1-11(2)13-9-8-12(3)10-16(13)20-17(19)14-6-4-5-7-15(14)18/h4-11,18H,1-3H3. The molecule has 1 N–H and O–H groups in total. The van der Waals surface area contributed by atoms with Gasteiger partial charge in [0.15, 0.2) is 0 Å². The first kappa shape index (κ1) is 14.1. The fourth-order valence-corrected chi connectivity index (χ4v) is 2.01. The zero-order chi connectivity index (χ0) is 14.7. The molecule has 0 bridgehead atoms. The van der Waals surface area contributed by atoms with Crippen LogP contribution in [0.2, 0.25) is 0 Å². The van der Waals surface area contributed by atoms with E-state index < -0.39 is 5.97 Å². The van der Waals surface area contributed by atoms with Crippen molar-refractivity contribution < 1.29 is 14.6 Å². The smallest absolute Gasteiger partial charge is 0.347 e. The number of aryl methyl sites for hydroxylation is 1. The first-order valence-electron chi connectivity index (χ1n) is 6.59. The van der Waals surface area contributed by atoms with Crippen LogP contribution in [0.25, 0.3) is 0 Å². The second-order valence-electron chi connectivity index (χ2n) is 5.10.